The minimum absolute atomic E-state index is 0.0113. The van der Waals surface area contributed by atoms with Crippen molar-refractivity contribution in [2.75, 3.05) is 4.90 Å². The zero-order valence-electron chi connectivity index (χ0n) is 31.7. The number of hydrogen-bond donors (Lipinski definition) is 0. The van der Waals surface area contributed by atoms with Gasteiger partial charge in [-0.25, -0.2) is 15.0 Å². The molecule has 10 aromatic rings. The van der Waals surface area contributed by atoms with Crippen molar-refractivity contribution in [3.05, 3.63) is 233 Å². The summed E-state index contributed by atoms with van der Waals surface area (Å²) >= 11 is 0. The average molecular weight is 756 g/mol. The quantitative estimate of drug-likeness (QED) is 0.167. The van der Waals surface area contributed by atoms with E-state index in [0.29, 0.717) is 22.9 Å². The lowest BCUT2D eigenvalue weighted by Gasteiger charge is -2.49. The van der Waals surface area contributed by atoms with E-state index in [1.165, 1.54) is 0 Å². The second kappa shape index (κ2) is 12.8. The van der Waals surface area contributed by atoms with Crippen LogP contribution in [0.25, 0.3) is 61.5 Å². The van der Waals surface area contributed by atoms with Crippen LogP contribution >= 0.6 is 0 Å². The Balaban J connectivity index is 1.11. The second-order valence-electron chi connectivity index (χ2n) is 15.1. The van der Waals surface area contributed by atoms with E-state index in [1.54, 1.807) is 0 Å². The number of nitrogens with zero attached hydrogens (tertiary/aromatic N) is 5. The van der Waals surface area contributed by atoms with Crippen LogP contribution in [0.3, 0.4) is 0 Å². The van der Waals surface area contributed by atoms with Crippen LogP contribution < -0.4 is 10.5 Å². The molecule has 0 bridgehead atoms. The molecule has 8 aromatic carbocycles. The molecule has 2 aliphatic heterocycles. The predicted octanol–water partition coefficient (Wildman–Crippen LogP) is 11.8. The first-order valence-corrected chi connectivity index (χ1v) is 19.8. The van der Waals surface area contributed by atoms with Crippen LogP contribution in [0.4, 0.5) is 17.1 Å². The van der Waals surface area contributed by atoms with Crippen molar-refractivity contribution in [1.82, 2.24) is 19.5 Å². The van der Waals surface area contributed by atoms with E-state index in [-0.39, 0.29) is 5.56 Å². The van der Waals surface area contributed by atoms with Crippen LogP contribution in [-0.4, -0.2) is 19.5 Å². The molecule has 0 atom stereocenters. The lowest BCUT2D eigenvalue weighted by molar-refractivity contribution is 0.709. The van der Waals surface area contributed by atoms with Crippen LogP contribution in [0.1, 0.15) is 22.3 Å². The van der Waals surface area contributed by atoms with Gasteiger partial charge in [0.2, 0.25) is 0 Å². The van der Waals surface area contributed by atoms with Gasteiger partial charge in [-0.2, -0.15) is 0 Å². The third kappa shape index (κ3) is 4.74. The van der Waals surface area contributed by atoms with E-state index in [9.17, 15) is 4.79 Å². The number of para-hydroxylation sites is 4. The Morgan fingerprint density at radius 3 is 1.44 bits per heavy atom. The third-order valence-corrected chi connectivity index (χ3v) is 12.0. The van der Waals surface area contributed by atoms with E-state index >= 15 is 0 Å². The van der Waals surface area contributed by atoms with Gasteiger partial charge in [-0.1, -0.05) is 164 Å². The van der Waals surface area contributed by atoms with E-state index in [4.69, 9.17) is 15.0 Å². The van der Waals surface area contributed by atoms with Gasteiger partial charge < -0.3 is 4.90 Å². The molecule has 0 N–H and O–H groups in total. The van der Waals surface area contributed by atoms with Gasteiger partial charge in [0.15, 0.2) is 17.5 Å². The van der Waals surface area contributed by atoms with Crippen molar-refractivity contribution < 1.29 is 0 Å². The highest BCUT2D eigenvalue weighted by molar-refractivity contribution is 6.09. The Morgan fingerprint density at radius 2 is 0.814 bits per heavy atom. The van der Waals surface area contributed by atoms with Gasteiger partial charge in [-0.3, -0.25) is 9.36 Å². The minimum atomic E-state index is -0.740. The van der Waals surface area contributed by atoms with Crippen LogP contribution in [0.2, 0.25) is 0 Å². The van der Waals surface area contributed by atoms with Crippen molar-refractivity contribution in [2.45, 2.75) is 5.41 Å². The predicted molar refractivity (Wildman–Crippen MR) is 237 cm³/mol. The first-order valence-electron chi connectivity index (χ1n) is 19.8. The monoisotopic (exact) mass is 755 g/mol. The highest BCUT2D eigenvalue weighted by atomic mass is 16.1. The van der Waals surface area contributed by atoms with Crippen molar-refractivity contribution in [3.8, 4) is 39.9 Å². The molecule has 2 aliphatic rings. The van der Waals surface area contributed by atoms with Crippen LogP contribution in [0, 0.1) is 0 Å². The van der Waals surface area contributed by atoms with Gasteiger partial charge in [0.1, 0.15) is 0 Å². The molecule has 0 amide bonds. The maximum Gasteiger partial charge on any atom is 0.263 e. The number of pyridine rings is 1. The Bertz CT molecular complexity index is 3270. The molecule has 0 saturated heterocycles. The largest absolute Gasteiger partial charge is 0.310 e. The summed E-state index contributed by atoms with van der Waals surface area (Å²) in [4.78, 5) is 32.1. The lowest BCUT2D eigenvalue weighted by atomic mass is 9.60. The Kier molecular flexibility index (Phi) is 7.19. The van der Waals surface area contributed by atoms with Gasteiger partial charge in [0.05, 0.1) is 28.0 Å². The van der Waals surface area contributed by atoms with E-state index in [0.717, 1.165) is 78.0 Å². The molecule has 0 saturated carbocycles. The van der Waals surface area contributed by atoms with E-state index in [2.05, 4.69) is 120 Å². The topological polar surface area (TPSA) is 63.9 Å². The zero-order valence-corrected chi connectivity index (χ0v) is 31.7. The van der Waals surface area contributed by atoms with E-state index < -0.39 is 5.41 Å². The number of anilines is 3. The fraction of sp³-hybridized carbons (Fsp3) is 0.0189. The highest BCUT2D eigenvalue weighted by Crippen LogP contribution is 2.61. The molecule has 12 rings (SSSR count). The van der Waals surface area contributed by atoms with Gasteiger partial charge >= 0.3 is 0 Å². The van der Waals surface area contributed by atoms with E-state index in [1.807, 2.05) is 89.5 Å². The zero-order chi connectivity index (χ0) is 39.1. The molecule has 0 aliphatic carbocycles. The number of rotatable bonds is 4. The van der Waals surface area contributed by atoms with Gasteiger partial charge in [0, 0.05) is 33.2 Å². The second-order valence-corrected chi connectivity index (χ2v) is 15.1. The summed E-state index contributed by atoms with van der Waals surface area (Å²) in [6.45, 7) is 0. The number of aromatic nitrogens is 4. The molecule has 6 heteroatoms. The molecule has 2 aromatic heterocycles. The molecular formula is C53H33N5O. The molecule has 1 spiro atoms. The molecule has 4 heterocycles. The molecule has 276 valence electrons. The number of hydrogen-bond acceptors (Lipinski definition) is 5. The van der Waals surface area contributed by atoms with Gasteiger partial charge in [0.25, 0.3) is 5.56 Å². The Labute approximate surface area is 340 Å². The summed E-state index contributed by atoms with van der Waals surface area (Å²) in [5.74, 6) is 1.83. The standard InChI is InChI=1S/C53H33N5O/c59-52-40-24-8-7-23-38(40)39-25-16-29-44-48(39)58(52)47-32-14-11-28-43(47)53(44)41-26-9-12-30-45(41)57(46-31-13-10-27-42(46)53)37-22-15-21-36(33-37)51-55-49(34-17-3-1-4-18-34)54-50(56-51)35-19-5-2-6-20-35/h1-33H. The SMILES string of the molecule is O=c1c2ccccc2c2cccc3c2n1-c1ccccc1C31c2ccccc2N(c2cccc(-c3nc(-c4ccccc4)nc(-c4ccccc4)n3)c2)c2ccccc21. The van der Waals surface area contributed by atoms with Crippen LogP contribution in [0.5, 0.6) is 0 Å². The Hall–Kier alpha value is -7.96. The molecule has 0 radical (unpaired) electrons. The summed E-state index contributed by atoms with van der Waals surface area (Å²) in [7, 11) is 0. The minimum Gasteiger partial charge on any atom is -0.310 e. The summed E-state index contributed by atoms with van der Waals surface area (Å²) in [5, 5.41) is 2.72. The van der Waals surface area contributed by atoms with Crippen LogP contribution in [-0.2, 0) is 5.41 Å². The molecule has 0 fully saturated rings. The maximum absolute atomic E-state index is 14.6. The molecule has 6 nitrogen and oxygen atoms in total. The molecule has 0 unspecified atom stereocenters. The fourth-order valence-corrected chi connectivity index (χ4v) is 9.62. The molecule has 59 heavy (non-hydrogen) atoms. The first-order chi connectivity index (χ1) is 29.2. The lowest BCUT2D eigenvalue weighted by Crippen LogP contribution is -2.42. The number of fused-ring (bicyclic) bond motifs is 10. The van der Waals surface area contributed by atoms with Gasteiger partial charge in [-0.05, 0) is 64.0 Å². The summed E-state index contributed by atoms with van der Waals surface area (Å²) in [6.07, 6.45) is 0. The fourth-order valence-electron chi connectivity index (χ4n) is 9.62. The van der Waals surface area contributed by atoms with Crippen molar-refractivity contribution in [3.63, 3.8) is 0 Å². The Morgan fingerprint density at radius 1 is 0.373 bits per heavy atom. The van der Waals surface area contributed by atoms with Crippen molar-refractivity contribution in [2.24, 2.45) is 0 Å². The average Bonchev–Trinajstić information content (AvgIpc) is 3.31. The number of benzene rings is 8. The summed E-state index contributed by atoms with van der Waals surface area (Å²) < 4.78 is 1.96. The normalized spacial score (nSPS) is 13.3. The smallest absolute Gasteiger partial charge is 0.263 e. The third-order valence-electron chi connectivity index (χ3n) is 12.0. The summed E-state index contributed by atoms with van der Waals surface area (Å²) in [6, 6.07) is 69.0. The maximum atomic E-state index is 14.6. The van der Waals surface area contributed by atoms with Crippen molar-refractivity contribution in [1.29, 1.82) is 0 Å². The summed E-state index contributed by atoms with van der Waals surface area (Å²) in [5.41, 5.74) is 11.3. The van der Waals surface area contributed by atoms with Gasteiger partial charge in [-0.15, -0.1) is 0 Å². The van der Waals surface area contributed by atoms with Crippen LogP contribution in [0.15, 0.2) is 205 Å². The molecular weight excluding hydrogens is 723 g/mol. The highest BCUT2D eigenvalue weighted by Gasteiger charge is 2.50. The first kappa shape index (κ1) is 33.2. The van der Waals surface area contributed by atoms with Crippen molar-refractivity contribution >= 4 is 38.7 Å².